The zero-order valence-electron chi connectivity index (χ0n) is 9.83. The Hall–Kier alpha value is -1.22. The SMILES string of the molecule is CC(Cl)CCNC(=O)c1ccc2c(c1)CCO2. The third-order valence-corrected chi connectivity index (χ3v) is 3.00. The highest BCUT2D eigenvalue weighted by atomic mass is 35.5. The lowest BCUT2D eigenvalue weighted by Gasteiger charge is -2.07. The molecule has 1 N–H and O–H groups in total. The normalized spacial score (nSPS) is 14.9. The summed E-state index contributed by atoms with van der Waals surface area (Å²) in [4.78, 5) is 11.8. The van der Waals surface area contributed by atoms with Crippen LogP contribution in [0.4, 0.5) is 0 Å². The van der Waals surface area contributed by atoms with Crippen LogP contribution in [0.1, 0.15) is 29.3 Å². The molecule has 17 heavy (non-hydrogen) atoms. The molecule has 1 aliphatic rings. The topological polar surface area (TPSA) is 38.3 Å². The summed E-state index contributed by atoms with van der Waals surface area (Å²) in [5.74, 6) is 0.855. The van der Waals surface area contributed by atoms with E-state index in [9.17, 15) is 4.79 Å². The van der Waals surface area contributed by atoms with Gasteiger partial charge in [0.1, 0.15) is 5.75 Å². The third-order valence-electron chi connectivity index (χ3n) is 2.78. The van der Waals surface area contributed by atoms with Crippen molar-refractivity contribution in [3.8, 4) is 5.75 Å². The van der Waals surface area contributed by atoms with Crippen molar-refractivity contribution in [2.24, 2.45) is 0 Å². The van der Waals surface area contributed by atoms with Gasteiger partial charge in [-0.3, -0.25) is 4.79 Å². The van der Waals surface area contributed by atoms with Crippen LogP contribution in [0.15, 0.2) is 18.2 Å². The molecule has 2 rings (SSSR count). The Bertz CT molecular complexity index is 418. The van der Waals surface area contributed by atoms with Crippen molar-refractivity contribution in [3.05, 3.63) is 29.3 Å². The molecule has 0 radical (unpaired) electrons. The van der Waals surface area contributed by atoms with Crippen molar-refractivity contribution < 1.29 is 9.53 Å². The number of carbonyl (C=O) groups is 1. The van der Waals surface area contributed by atoms with E-state index in [-0.39, 0.29) is 11.3 Å². The van der Waals surface area contributed by atoms with Gasteiger partial charge >= 0.3 is 0 Å². The molecule has 1 aliphatic heterocycles. The van der Waals surface area contributed by atoms with Crippen LogP contribution < -0.4 is 10.1 Å². The predicted molar refractivity (Wildman–Crippen MR) is 67.9 cm³/mol. The second-order valence-electron chi connectivity index (χ2n) is 4.25. The molecule has 92 valence electrons. The van der Waals surface area contributed by atoms with Gasteiger partial charge in [-0.2, -0.15) is 0 Å². The Balaban J connectivity index is 1.95. The molecule has 0 aromatic heterocycles. The number of alkyl halides is 1. The molecule has 0 saturated heterocycles. The average Bonchev–Trinajstić information content (AvgIpc) is 2.75. The lowest BCUT2D eigenvalue weighted by Crippen LogP contribution is -2.25. The van der Waals surface area contributed by atoms with Crippen LogP contribution in [0.3, 0.4) is 0 Å². The largest absolute Gasteiger partial charge is 0.493 e. The first-order chi connectivity index (χ1) is 8.16. The summed E-state index contributed by atoms with van der Waals surface area (Å²) in [6.07, 6.45) is 1.66. The number of hydrogen-bond donors (Lipinski definition) is 1. The zero-order chi connectivity index (χ0) is 12.3. The minimum atomic E-state index is -0.0444. The van der Waals surface area contributed by atoms with Gasteiger partial charge in [0.05, 0.1) is 6.61 Å². The molecule has 3 nitrogen and oxygen atoms in total. The van der Waals surface area contributed by atoms with Gasteiger partial charge in [-0.15, -0.1) is 11.6 Å². The lowest BCUT2D eigenvalue weighted by molar-refractivity contribution is 0.0953. The molecule has 0 bridgehead atoms. The summed E-state index contributed by atoms with van der Waals surface area (Å²) in [5.41, 5.74) is 1.81. The number of benzene rings is 1. The van der Waals surface area contributed by atoms with E-state index in [1.807, 2.05) is 19.1 Å². The fraction of sp³-hybridized carbons (Fsp3) is 0.462. The van der Waals surface area contributed by atoms with Crippen LogP contribution >= 0.6 is 11.6 Å². The monoisotopic (exact) mass is 253 g/mol. The highest BCUT2D eigenvalue weighted by Gasteiger charge is 2.14. The Morgan fingerprint density at radius 2 is 2.41 bits per heavy atom. The van der Waals surface area contributed by atoms with E-state index >= 15 is 0 Å². The van der Waals surface area contributed by atoms with E-state index < -0.39 is 0 Å². The first kappa shape index (κ1) is 12.2. The minimum absolute atomic E-state index is 0.0444. The first-order valence-corrected chi connectivity index (χ1v) is 6.28. The fourth-order valence-corrected chi connectivity index (χ4v) is 1.92. The maximum Gasteiger partial charge on any atom is 0.251 e. The number of carbonyl (C=O) groups excluding carboxylic acids is 1. The summed E-state index contributed by atoms with van der Waals surface area (Å²) in [7, 11) is 0. The number of rotatable bonds is 4. The second-order valence-corrected chi connectivity index (χ2v) is 4.99. The van der Waals surface area contributed by atoms with Gasteiger partial charge in [-0.25, -0.2) is 0 Å². The quantitative estimate of drug-likeness (QED) is 0.837. The molecular formula is C13H16ClNO2. The summed E-state index contributed by atoms with van der Waals surface area (Å²) < 4.78 is 5.40. The fourth-order valence-electron chi connectivity index (χ4n) is 1.81. The number of hydrogen-bond acceptors (Lipinski definition) is 2. The smallest absolute Gasteiger partial charge is 0.251 e. The van der Waals surface area contributed by atoms with Gasteiger partial charge in [0.15, 0.2) is 0 Å². The molecule has 0 aliphatic carbocycles. The number of amides is 1. The van der Waals surface area contributed by atoms with Crippen LogP contribution in [0.5, 0.6) is 5.75 Å². The average molecular weight is 254 g/mol. The Labute approximate surface area is 106 Å². The maximum atomic E-state index is 11.8. The molecule has 1 aromatic rings. The highest BCUT2D eigenvalue weighted by molar-refractivity contribution is 6.20. The van der Waals surface area contributed by atoms with Crippen LogP contribution in [-0.2, 0) is 6.42 Å². The second kappa shape index (κ2) is 5.41. The molecule has 1 amide bonds. The van der Waals surface area contributed by atoms with Gasteiger partial charge in [-0.05, 0) is 37.1 Å². The standard InChI is InChI=1S/C13H16ClNO2/c1-9(14)4-6-15-13(16)11-2-3-12-10(8-11)5-7-17-12/h2-3,8-9H,4-7H2,1H3,(H,15,16). The summed E-state index contributed by atoms with van der Waals surface area (Å²) in [6.45, 7) is 3.24. The maximum absolute atomic E-state index is 11.8. The van der Waals surface area contributed by atoms with Gasteiger partial charge in [0.25, 0.3) is 5.91 Å². The van der Waals surface area contributed by atoms with Crippen molar-refractivity contribution >= 4 is 17.5 Å². The van der Waals surface area contributed by atoms with Crippen LogP contribution in [0.2, 0.25) is 0 Å². The first-order valence-electron chi connectivity index (χ1n) is 5.85. The Morgan fingerprint density at radius 1 is 1.59 bits per heavy atom. The third kappa shape index (κ3) is 3.13. The molecule has 0 spiro atoms. The zero-order valence-corrected chi connectivity index (χ0v) is 10.6. The van der Waals surface area contributed by atoms with Crippen molar-refractivity contribution in [3.63, 3.8) is 0 Å². The number of nitrogens with one attached hydrogen (secondary N) is 1. The molecule has 1 atom stereocenters. The number of fused-ring (bicyclic) bond motifs is 1. The summed E-state index contributed by atoms with van der Waals surface area (Å²) >= 11 is 5.82. The Kier molecular flexibility index (Phi) is 3.89. The van der Waals surface area contributed by atoms with Crippen molar-refractivity contribution in [2.75, 3.05) is 13.2 Å². The van der Waals surface area contributed by atoms with E-state index in [4.69, 9.17) is 16.3 Å². The summed E-state index contributed by atoms with van der Waals surface area (Å²) in [5, 5.41) is 2.94. The Morgan fingerprint density at radius 3 is 3.18 bits per heavy atom. The molecule has 1 unspecified atom stereocenters. The van der Waals surface area contributed by atoms with Crippen LogP contribution in [0.25, 0.3) is 0 Å². The number of halogens is 1. The van der Waals surface area contributed by atoms with Crippen molar-refractivity contribution in [2.45, 2.75) is 25.1 Å². The molecule has 4 heteroatoms. The van der Waals surface area contributed by atoms with Crippen molar-refractivity contribution in [1.82, 2.24) is 5.32 Å². The van der Waals surface area contributed by atoms with Gasteiger partial charge < -0.3 is 10.1 Å². The highest BCUT2D eigenvalue weighted by Crippen LogP contribution is 2.25. The van der Waals surface area contributed by atoms with E-state index in [1.54, 1.807) is 6.07 Å². The minimum Gasteiger partial charge on any atom is -0.493 e. The molecule has 0 fully saturated rings. The molecule has 0 saturated carbocycles. The van der Waals surface area contributed by atoms with Crippen molar-refractivity contribution in [1.29, 1.82) is 0 Å². The number of ether oxygens (including phenoxy) is 1. The molecular weight excluding hydrogens is 238 g/mol. The van der Waals surface area contributed by atoms with E-state index in [1.165, 1.54) is 0 Å². The molecule has 1 aromatic carbocycles. The van der Waals surface area contributed by atoms with Crippen LogP contribution in [0, 0.1) is 0 Å². The van der Waals surface area contributed by atoms with E-state index in [0.717, 1.165) is 24.2 Å². The van der Waals surface area contributed by atoms with E-state index in [2.05, 4.69) is 5.32 Å². The predicted octanol–water partition coefficient (Wildman–Crippen LogP) is 2.37. The summed E-state index contributed by atoms with van der Waals surface area (Å²) in [6, 6.07) is 5.56. The van der Waals surface area contributed by atoms with E-state index in [0.29, 0.717) is 18.7 Å². The van der Waals surface area contributed by atoms with Gasteiger partial charge in [0, 0.05) is 23.9 Å². The molecule has 1 heterocycles. The van der Waals surface area contributed by atoms with Crippen LogP contribution in [-0.4, -0.2) is 24.4 Å². The van der Waals surface area contributed by atoms with Gasteiger partial charge in [0.2, 0.25) is 0 Å². The lowest BCUT2D eigenvalue weighted by atomic mass is 10.1. The van der Waals surface area contributed by atoms with Gasteiger partial charge in [-0.1, -0.05) is 0 Å².